The summed E-state index contributed by atoms with van der Waals surface area (Å²) in [4.78, 5) is 45.7. The highest BCUT2D eigenvalue weighted by Crippen LogP contribution is 2.65. The molecule has 0 saturated carbocycles. The molecule has 0 radical (unpaired) electrons. The third kappa shape index (κ3) is 4.22. The summed E-state index contributed by atoms with van der Waals surface area (Å²) in [5, 5.41) is 10.6. The van der Waals surface area contributed by atoms with Crippen LogP contribution in [0.4, 0.5) is 0 Å². The molecule has 1 spiro atoms. The van der Waals surface area contributed by atoms with Gasteiger partial charge in [0.2, 0.25) is 11.8 Å². The second-order valence-electron chi connectivity index (χ2n) is 11.0. The molecule has 7 nitrogen and oxygen atoms in total. The number of esters is 1. The quantitative estimate of drug-likeness (QED) is 0.471. The molecule has 4 aliphatic rings. The van der Waals surface area contributed by atoms with Gasteiger partial charge < -0.3 is 19.6 Å². The third-order valence-corrected chi connectivity index (χ3v) is 10.1. The summed E-state index contributed by atoms with van der Waals surface area (Å²) in [6.07, 6.45) is 10.0. The average molecular weight is 525 g/mol. The third-order valence-electron chi connectivity index (χ3n) is 8.26. The van der Waals surface area contributed by atoms with Gasteiger partial charge in [-0.15, -0.1) is 11.8 Å². The van der Waals surface area contributed by atoms with Crippen molar-refractivity contribution in [2.45, 2.75) is 67.7 Å². The number of aliphatic hydroxyl groups is 1. The molecule has 1 aromatic rings. The summed E-state index contributed by atoms with van der Waals surface area (Å²) in [5.41, 5.74) is 0.972. The predicted octanol–water partition coefficient (Wildman–Crippen LogP) is 2.98. The first-order valence-electron chi connectivity index (χ1n) is 13.2. The van der Waals surface area contributed by atoms with E-state index in [0.717, 1.165) is 18.4 Å². The second kappa shape index (κ2) is 9.95. The molecule has 37 heavy (non-hydrogen) atoms. The van der Waals surface area contributed by atoms with Crippen LogP contribution in [0.15, 0.2) is 54.6 Å². The molecule has 1 N–H and O–H groups in total. The van der Waals surface area contributed by atoms with Gasteiger partial charge in [-0.2, -0.15) is 0 Å². The van der Waals surface area contributed by atoms with Crippen molar-refractivity contribution in [3.63, 3.8) is 0 Å². The lowest BCUT2D eigenvalue weighted by Gasteiger charge is -2.40. The monoisotopic (exact) mass is 524 g/mol. The van der Waals surface area contributed by atoms with Crippen molar-refractivity contribution in [1.82, 2.24) is 9.80 Å². The van der Waals surface area contributed by atoms with Crippen LogP contribution in [0.3, 0.4) is 0 Å². The van der Waals surface area contributed by atoms with Crippen LogP contribution in [0.5, 0.6) is 0 Å². The lowest BCUT2D eigenvalue weighted by atomic mass is 9.74. The maximum absolute atomic E-state index is 14.5. The van der Waals surface area contributed by atoms with E-state index < -0.39 is 33.4 Å². The zero-order valence-electron chi connectivity index (χ0n) is 21.7. The number of cyclic esters (lactones) is 1. The van der Waals surface area contributed by atoms with Gasteiger partial charge in [-0.05, 0) is 45.6 Å². The van der Waals surface area contributed by atoms with Crippen molar-refractivity contribution in [3.05, 3.63) is 60.2 Å². The number of thioether (sulfide) groups is 1. The van der Waals surface area contributed by atoms with E-state index in [1.165, 1.54) is 0 Å². The Morgan fingerprint density at radius 1 is 1.08 bits per heavy atom. The maximum Gasteiger partial charge on any atom is 0.311 e. The van der Waals surface area contributed by atoms with E-state index in [9.17, 15) is 19.5 Å². The van der Waals surface area contributed by atoms with Gasteiger partial charge in [0, 0.05) is 17.3 Å². The molecule has 6 atom stereocenters. The standard InChI is InChI=1S/C29H36N2O5S/c1-19(2)30-15-10-14-29-22(23-27(35)36-16-9-5-8-13-28(23,3)37-29)25(33)31(24(29)26(30)34)21(18-32)17-20-11-6-4-7-12-20/h4,6-8,10-14,19,21-24,32H,5,9,15-18H2,1-3H3/b13-8-/t21-,22+,23+,24?,28-,29+/m1/s1. The summed E-state index contributed by atoms with van der Waals surface area (Å²) >= 11 is 1.54. The van der Waals surface area contributed by atoms with E-state index in [1.54, 1.807) is 21.6 Å². The van der Waals surface area contributed by atoms with Gasteiger partial charge in [-0.25, -0.2) is 0 Å². The average Bonchev–Trinajstić information content (AvgIpc) is 3.22. The molecular weight excluding hydrogens is 488 g/mol. The molecule has 5 rings (SSSR count). The van der Waals surface area contributed by atoms with Gasteiger partial charge in [0.15, 0.2) is 0 Å². The van der Waals surface area contributed by atoms with Crippen LogP contribution >= 0.6 is 11.8 Å². The largest absolute Gasteiger partial charge is 0.465 e. The molecule has 2 saturated heterocycles. The van der Waals surface area contributed by atoms with Gasteiger partial charge >= 0.3 is 5.97 Å². The minimum absolute atomic E-state index is 0.0611. The van der Waals surface area contributed by atoms with Crippen molar-refractivity contribution < 1.29 is 24.2 Å². The van der Waals surface area contributed by atoms with Crippen LogP contribution in [0, 0.1) is 11.8 Å². The number of hydrogen-bond acceptors (Lipinski definition) is 6. The number of aliphatic hydroxyl groups excluding tert-OH is 1. The van der Waals surface area contributed by atoms with Crippen LogP contribution in [0.1, 0.15) is 39.2 Å². The summed E-state index contributed by atoms with van der Waals surface area (Å²) in [6, 6.07) is 8.20. The van der Waals surface area contributed by atoms with Crippen molar-refractivity contribution in [2.24, 2.45) is 11.8 Å². The molecule has 0 aromatic heterocycles. The predicted molar refractivity (Wildman–Crippen MR) is 143 cm³/mol. The highest BCUT2D eigenvalue weighted by Gasteiger charge is 2.74. The zero-order chi connectivity index (χ0) is 26.4. The normalized spacial score (nSPS) is 35.2. The first-order chi connectivity index (χ1) is 17.7. The Kier molecular flexibility index (Phi) is 7.00. The van der Waals surface area contributed by atoms with Crippen LogP contribution in [0.25, 0.3) is 0 Å². The number of fused-ring (bicyclic) bond motifs is 2. The fraction of sp³-hybridized carbons (Fsp3) is 0.552. The Morgan fingerprint density at radius 2 is 1.84 bits per heavy atom. The summed E-state index contributed by atoms with van der Waals surface area (Å²) in [7, 11) is 0. The van der Waals surface area contributed by atoms with Gasteiger partial charge in [-0.3, -0.25) is 14.4 Å². The Bertz CT molecular complexity index is 1120. The van der Waals surface area contributed by atoms with Crippen LogP contribution in [0.2, 0.25) is 0 Å². The SMILES string of the molecule is CC(C)N1CC=C[C@]23S[C@]4(C)/C=C\CCCOC(=O)[C@@H]4[C@H]2C(=O)N([C@@H](CO)Cc2ccccc2)C3C1=O. The number of hydrogen-bond donors (Lipinski definition) is 1. The van der Waals surface area contributed by atoms with Crippen molar-refractivity contribution in [1.29, 1.82) is 0 Å². The number of carbonyl (C=O) groups is 3. The fourth-order valence-corrected chi connectivity index (χ4v) is 8.73. The molecular formula is C29H36N2O5S. The van der Waals surface area contributed by atoms with Gasteiger partial charge in [-0.1, -0.05) is 54.6 Å². The van der Waals surface area contributed by atoms with Crippen molar-refractivity contribution >= 4 is 29.5 Å². The van der Waals surface area contributed by atoms with E-state index in [0.29, 0.717) is 19.6 Å². The lowest BCUT2D eigenvalue weighted by molar-refractivity contribution is -0.154. The molecule has 4 aliphatic heterocycles. The van der Waals surface area contributed by atoms with Crippen LogP contribution in [-0.4, -0.2) is 80.1 Å². The van der Waals surface area contributed by atoms with E-state index in [1.807, 2.05) is 69.3 Å². The minimum Gasteiger partial charge on any atom is -0.465 e. The molecule has 0 bridgehead atoms. The molecule has 0 aliphatic carbocycles. The van der Waals surface area contributed by atoms with E-state index >= 15 is 0 Å². The molecule has 4 heterocycles. The number of benzene rings is 1. The number of carbonyl (C=O) groups excluding carboxylic acids is 3. The number of nitrogens with zero attached hydrogens (tertiary/aromatic N) is 2. The highest BCUT2D eigenvalue weighted by atomic mass is 32.2. The molecule has 2 fully saturated rings. The number of likely N-dealkylation sites (tertiary alicyclic amines) is 1. The smallest absolute Gasteiger partial charge is 0.311 e. The van der Waals surface area contributed by atoms with Gasteiger partial charge in [0.05, 0.1) is 35.8 Å². The number of allylic oxidation sites excluding steroid dienone is 1. The number of ether oxygens (including phenoxy) is 1. The summed E-state index contributed by atoms with van der Waals surface area (Å²) in [6.45, 7) is 6.39. The van der Waals surface area contributed by atoms with Crippen LogP contribution in [-0.2, 0) is 25.5 Å². The van der Waals surface area contributed by atoms with E-state index in [2.05, 4.69) is 6.08 Å². The Morgan fingerprint density at radius 3 is 2.54 bits per heavy atom. The second-order valence-corrected chi connectivity index (χ2v) is 12.8. The molecule has 1 unspecified atom stereocenters. The lowest BCUT2D eigenvalue weighted by Crippen LogP contribution is -2.58. The van der Waals surface area contributed by atoms with E-state index in [-0.39, 0.29) is 30.4 Å². The summed E-state index contributed by atoms with van der Waals surface area (Å²) in [5.74, 6) is -2.27. The molecule has 1 aromatic carbocycles. The van der Waals surface area contributed by atoms with Crippen LogP contribution < -0.4 is 0 Å². The number of rotatable bonds is 5. The highest BCUT2D eigenvalue weighted by molar-refractivity contribution is 8.02. The topological polar surface area (TPSA) is 87.2 Å². The first kappa shape index (κ1) is 26.0. The number of amides is 2. The fourth-order valence-electron chi connectivity index (χ4n) is 6.59. The molecule has 8 heteroatoms. The van der Waals surface area contributed by atoms with Crippen molar-refractivity contribution in [3.8, 4) is 0 Å². The Balaban J connectivity index is 1.65. The van der Waals surface area contributed by atoms with Crippen molar-refractivity contribution in [2.75, 3.05) is 19.8 Å². The Labute approximate surface area is 222 Å². The van der Waals surface area contributed by atoms with E-state index in [4.69, 9.17) is 4.74 Å². The minimum atomic E-state index is -0.941. The molecule has 2 amide bonds. The molecule has 198 valence electrons. The Hall–Kier alpha value is -2.58. The first-order valence-corrected chi connectivity index (χ1v) is 14.0. The van der Waals surface area contributed by atoms with Gasteiger partial charge in [0.1, 0.15) is 6.04 Å². The summed E-state index contributed by atoms with van der Waals surface area (Å²) < 4.78 is 4.04. The van der Waals surface area contributed by atoms with Gasteiger partial charge in [0.25, 0.3) is 0 Å². The zero-order valence-corrected chi connectivity index (χ0v) is 22.5. The maximum atomic E-state index is 14.5.